The summed E-state index contributed by atoms with van der Waals surface area (Å²) in [7, 11) is 0. The van der Waals surface area contributed by atoms with Crippen molar-refractivity contribution in [1.29, 1.82) is 0 Å². The summed E-state index contributed by atoms with van der Waals surface area (Å²) < 4.78 is 0. The van der Waals surface area contributed by atoms with E-state index < -0.39 is 17.8 Å². The van der Waals surface area contributed by atoms with Crippen molar-refractivity contribution in [1.82, 2.24) is 10.4 Å². The Morgan fingerprint density at radius 2 is 1.50 bits per heavy atom. The van der Waals surface area contributed by atoms with Crippen LogP contribution in [0.25, 0.3) is 0 Å². The van der Waals surface area contributed by atoms with Crippen LogP contribution in [0.15, 0.2) is 61.2 Å². The van der Waals surface area contributed by atoms with Gasteiger partial charge in [0.05, 0.1) is 16.7 Å². The smallest absolute Gasteiger partial charge is 0.349 e. The first kappa shape index (κ1) is 17.1. The maximum absolute atomic E-state index is 12.2. The number of fused-ring (bicyclic) bond motifs is 1. The summed E-state index contributed by atoms with van der Waals surface area (Å²) >= 11 is 0. The van der Waals surface area contributed by atoms with Gasteiger partial charge in [0, 0.05) is 12.1 Å². The van der Waals surface area contributed by atoms with Crippen molar-refractivity contribution in [3.63, 3.8) is 0 Å². The highest BCUT2D eigenvalue weighted by molar-refractivity contribution is 6.21. The number of nitrogens with zero attached hydrogens (tertiary/aromatic N) is 1. The lowest BCUT2D eigenvalue weighted by Gasteiger charge is -2.12. The van der Waals surface area contributed by atoms with Crippen molar-refractivity contribution < 1.29 is 24.0 Å². The van der Waals surface area contributed by atoms with E-state index in [1.165, 1.54) is 36.4 Å². The van der Waals surface area contributed by atoms with Gasteiger partial charge in [0.1, 0.15) is 0 Å². The van der Waals surface area contributed by atoms with Gasteiger partial charge < -0.3 is 10.2 Å². The molecule has 0 fully saturated rings. The molecule has 0 aromatic heterocycles. The van der Waals surface area contributed by atoms with Crippen LogP contribution in [0.3, 0.4) is 0 Å². The number of hydroxylamine groups is 2. The van der Waals surface area contributed by atoms with Crippen LogP contribution in [0.2, 0.25) is 0 Å². The Bertz CT molecular complexity index is 883. The van der Waals surface area contributed by atoms with Crippen LogP contribution in [0, 0.1) is 0 Å². The molecule has 0 radical (unpaired) electrons. The quantitative estimate of drug-likeness (QED) is 0.657. The zero-order valence-electron chi connectivity index (χ0n) is 13.6. The second kappa shape index (κ2) is 7.02. The SMILES string of the molecule is C=CCNC(=O)c1ccc(C(=O)ON2C(=O)c3ccccc3C2=O)cc1. The highest BCUT2D eigenvalue weighted by Crippen LogP contribution is 2.23. The van der Waals surface area contributed by atoms with Crippen LogP contribution in [-0.2, 0) is 4.84 Å². The summed E-state index contributed by atoms with van der Waals surface area (Å²) in [5, 5.41) is 3.05. The molecule has 130 valence electrons. The van der Waals surface area contributed by atoms with Gasteiger partial charge in [0.2, 0.25) is 0 Å². The van der Waals surface area contributed by atoms with Crippen LogP contribution in [0.5, 0.6) is 0 Å². The summed E-state index contributed by atoms with van der Waals surface area (Å²) in [5.74, 6) is -2.58. The molecule has 0 saturated carbocycles. The third-order valence-electron chi connectivity index (χ3n) is 3.72. The first-order valence-corrected chi connectivity index (χ1v) is 7.72. The molecule has 0 atom stereocenters. The number of carbonyl (C=O) groups is 4. The van der Waals surface area contributed by atoms with Gasteiger partial charge in [-0.05, 0) is 36.4 Å². The van der Waals surface area contributed by atoms with Crippen molar-refractivity contribution >= 4 is 23.7 Å². The Kier molecular flexibility index (Phi) is 4.62. The van der Waals surface area contributed by atoms with E-state index in [1.807, 2.05) is 0 Å². The third-order valence-corrected chi connectivity index (χ3v) is 3.72. The molecule has 1 N–H and O–H groups in total. The number of carbonyl (C=O) groups excluding carboxylic acids is 4. The lowest BCUT2D eigenvalue weighted by molar-refractivity contribution is -0.0584. The van der Waals surface area contributed by atoms with Crippen molar-refractivity contribution in [3.8, 4) is 0 Å². The molecule has 0 unspecified atom stereocenters. The number of imide groups is 1. The Morgan fingerprint density at radius 1 is 0.962 bits per heavy atom. The number of rotatable bonds is 5. The predicted octanol–water partition coefficient (Wildman–Crippen LogP) is 1.97. The standard InChI is InChI=1S/C19H14N2O5/c1-2-11-20-16(22)12-7-9-13(10-8-12)19(25)26-21-17(23)14-5-3-4-6-15(14)18(21)24/h2-10H,1,11H2,(H,20,22). The van der Waals surface area contributed by atoms with E-state index in [4.69, 9.17) is 4.84 Å². The molecular weight excluding hydrogens is 336 g/mol. The molecule has 26 heavy (non-hydrogen) atoms. The Balaban J connectivity index is 1.71. The molecule has 0 saturated heterocycles. The molecule has 7 nitrogen and oxygen atoms in total. The summed E-state index contributed by atoms with van der Waals surface area (Å²) in [6.07, 6.45) is 1.55. The van der Waals surface area contributed by atoms with E-state index in [2.05, 4.69) is 11.9 Å². The zero-order chi connectivity index (χ0) is 18.7. The fourth-order valence-electron chi connectivity index (χ4n) is 2.41. The van der Waals surface area contributed by atoms with E-state index in [-0.39, 0.29) is 22.6 Å². The highest BCUT2D eigenvalue weighted by atomic mass is 16.7. The molecule has 0 bridgehead atoms. The minimum atomic E-state index is -0.877. The molecular formula is C19H14N2O5. The first-order valence-electron chi connectivity index (χ1n) is 7.72. The van der Waals surface area contributed by atoms with Crippen LogP contribution < -0.4 is 5.32 Å². The zero-order valence-corrected chi connectivity index (χ0v) is 13.6. The van der Waals surface area contributed by atoms with Gasteiger partial charge in [-0.2, -0.15) is 0 Å². The van der Waals surface area contributed by atoms with E-state index in [0.717, 1.165) is 0 Å². The average Bonchev–Trinajstić information content (AvgIpc) is 2.91. The molecule has 2 aromatic carbocycles. The van der Waals surface area contributed by atoms with E-state index in [1.54, 1.807) is 18.2 Å². The summed E-state index contributed by atoms with van der Waals surface area (Å²) in [5.41, 5.74) is 0.810. The molecule has 1 heterocycles. The largest absolute Gasteiger partial charge is 0.363 e. The van der Waals surface area contributed by atoms with Crippen molar-refractivity contribution in [2.75, 3.05) is 6.54 Å². The molecule has 3 amide bonds. The minimum Gasteiger partial charge on any atom is -0.349 e. The normalized spacial score (nSPS) is 12.5. The van der Waals surface area contributed by atoms with Crippen LogP contribution in [-0.4, -0.2) is 35.3 Å². The third kappa shape index (κ3) is 3.10. The predicted molar refractivity (Wildman–Crippen MR) is 91.3 cm³/mol. The Labute approximate surface area is 148 Å². The van der Waals surface area contributed by atoms with Gasteiger partial charge in [-0.25, -0.2) is 4.79 Å². The van der Waals surface area contributed by atoms with E-state index in [9.17, 15) is 19.2 Å². The molecule has 0 aliphatic carbocycles. The number of amides is 3. The topological polar surface area (TPSA) is 92.8 Å². The van der Waals surface area contributed by atoms with Gasteiger partial charge in [-0.15, -0.1) is 6.58 Å². The average molecular weight is 350 g/mol. The van der Waals surface area contributed by atoms with Crippen LogP contribution >= 0.6 is 0 Å². The minimum absolute atomic E-state index is 0.0989. The molecule has 1 aliphatic rings. The Hall–Kier alpha value is -3.74. The number of nitrogens with one attached hydrogen (secondary N) is 1. The summed E-state index contributed by atoms with van der Waals surface area (Å²) in [6.45, 7) is 3.83. The van der Waals surface area contributed by atoms with Gasteiger partial charge in [0.15, 0.2) is 0 Å². The van der Waals surface area contributed by atoms with Crippen LogP contribution in [0.4, 0.5) is 0 Å². The lowest BCUT2D eigenvalue weighted by Crippen LogP contribution is -2.32. The molecule has 0 spiro atoms. The first-order chi connectivity index (χ1) is 12.5. The monoisotopic (exact) mass is 350 g/mol. The fraction of sp³-hybridized carbons (Fsp3) is 0.0526. The molecule has 7 heteroatoms. The highest BCUT2D eigenvalue weighted by Gasteiger charge is 2.38. The van der Waals surface area contributed by atoms with Crippen molar-refractivity contribution in [3.05, 3.63) is 83.4 Å². The van der Waals surface area contributed by atoms with Gasteiger partial charge in [-0.1, -0.05) is 23.3 Å². The summed E-state index contributed by atoms with van der Waals surface area (Å²) in [6, 6.07) is 11.8. The summed E-state index contributed by atoms with van der Waals surface area (Å²) in [4.78, 5) is 53.3. The number of benzene rings is 2. The lowest BCUT2D eigenvalue weighted by atomic mass is 10.1. The molecule has 2 aromatic rings. The molecule has 1 aliphatic heterocycles. The van der Waals surface area contributed by atoms with Gasteiger partial charge in [-0.3, -0.25) is 14.4 Å². The van der Waals surface area contributed by atoms with E-state index in [0.29, 0.717) is 17.2 Å². The number of hydrogen-bond donors (Lipinski definition) is 1. The maximum Gasteiger partial charge on any atom is 0.363 e. The van der Waals surface area contributed by atoms with Crippen molar-refractivity contribution in [2.24, 2.45) is 0 Å². The number of hydrogen-bond acceptors (Lipinski definition) is 5. The molecule has 3 rings (SSSR count). The second-order valence-corrected chi connectivity index (χ2v) is 5.41. The fourth-order valence-corrected chi connectivity index (χ4v) is 2.41. The van der Waals surface area contributed by atoms with Crippen LogP contribution in [0.1, 0.15) is 41.4 Å². The Morgan fingerprint density at radius 3 is 2.04 bits per heavy atom. The van der Waals surface area contributed by atoms with Gasteiger partial charge >= 0.3 is 5.97 Å². The van der Waals surface area contributed by atoms with Gasteiger partial charge in [0.25, 0.3) is 17.7 Å². The maximum atomic E-state index is 12.2. The second-order valence-electron chi connectivity index (χ2n) is 5.41. The van der Waals surface area contributed by atoms with E-state index >= 15 is 0 Å². The van der Waals surface area contributed by atoms with Crippen molar-refractivity contribution in [2.45, 2.75) is 0 Å².